The Kier molecular flexibility index (Phi) is 4.40. The van der Waals surface area contributed by atoms with Gasteiger partial charge in [0.25, 0.3) is 5.56 Å². The highest BCUT2D eigenvalue weighted by molar-refractivity contribution is 9.10. The summed E-state index contributed by atoms with van der Waals surface area (Å²) in [5, 5.41) is 3.52. The van der Waals surface area contributed by atoms with E-state index in [9.17, 15) is 4.79 Å². The van der Waals surface area contributed by atoms with Gasteiger partial charge in [-0.1, -0.05) is 6.42 Å². The summed E-state index contributed by atoms with van der Waals surface area (Å²) in [5.74, 6) is 0. The standard InChI is InChI=1S/C13H19BrN2O/c1-10-12(14)5-6-13(17)16(10)9-7-11-4-2-3-8-15-11/h5-6,11,15H,2-4,7-9H2,1H3. The first-order valence-corrected chi connectivity index (χ1v) is 7.07. The van der Waals surface area contributed by atoms with Gasteiger partial charge in [-0.05, 0) is 54.7 Å². The molecule has 94 valence electrons. The van der Waals surface area contributed by atoms with Crippen LogP contribution in [0.2, 0.25) is 0 Å². The number of pyridine rings is 1. The summed E-state index contributed by atoms with van der Waals surface area (Å²) in [5.41, 5.74) is 1.12. The van der Waals surface area contributed by atoms with Crippen LogP contribution in [0.15, 0.2) is 21.4 Å². The molecule has 4 heteroatoms. The summed E-state index contributed by atoms with van der Waals surface area (Å²) in [6.45, 7) is 3.92. The minimum absolute atomic E-state index is 0.0986. The minimum Gasteiger partial charge on any atom is -0.314 e. The first kappa shape index (κ1) is 12.8. The number of aromatic nitrogens is 1. The van der Waals surface area contributed by atoms with E-state index in [1.54, 1.807) is 6.07 Å². The molecule has 1 aromatic heterocycles. The number of hydrogen-bond donors (Lipinski definition) is 1. The van der Waals surface area contributed by atoms with Gasteiger partial charge in [0, 0.05) is 28.8 Å². The van der Waals surface area contributed by atoms with E-state index in [-0.39, 0.29) is 5.56 Å². The van der Waals surface area contributed by atoms with E-state index in [2.05, 4.69) is 21.2 Å². The molecule has 0 bridgehead atoms. The molecule has 1 aliphatic rings. The highest BCUT2D eigenvalue weighted by Crippen LogP contribution is 2.15. The predicted molar refractivity (Wildman–Crippen MR) is 73.4 cm³/mol. The molecule has 0 saturated carbocycles. The maximum Gasteiger partial charge on any atom is 0.250 e. The molecule has 1 atom stereocenters. The van der Waals surface area contributed by atoms with Crippen molar-refractivity contribution >= 4 is 15.9 Å². The lowest BCUT2D eigenvalue weighted by Gasteiger charge is -2.24. The van der Waals surface area contributed by atoms with Crippen LogP contribution in [0.1, 0.15) is 31.4 Å². The Morgan fingerprint density at radius 1 is 1.47 bits per heavy atom. The zero-order valence-electron chi connectivity index (χ0n) is 10.2. The second kappa shape index (κ2) is 5.83. The molecule has 1 saturated heterocycles. The molecule has 1 fully saturated rings. The lowest BCUT2D eigenvalue weighted by molar-refractivity contribution is 0.363. The van der Waals surface area contributed by atoms with Crippen LogP contribution < -0.4 is 10.9 Å². The number of hydrogen-bond acceptors (Lipinski definition) is 2. The predicted octanol–water partition coefficient (Wildman–Crippen LogP) is 2.45. The molecule has 2 heterocycles. The van der Waals surface area contributed by atoms with E-state index >= 15 is 0 Å². The maximum absolute atomic E-state index is 11.8. The molecule has 1 aromatic rings. The van der Waals surface area contributed by atoms with Crippen molar-refractivity contribution in [2.24, 2.45) is 0 Å². The highest BCUT2D eigenvalue weighted by Gasteiger charge is 2.13. The summed E-state index contributed by atoms with van der Waals surface area (Å²) in [6, 6.07) is 4.03. The van der Waals surface area contributed by atoms with Crippen molar-refractivity contribution in [2.45, 2.75) is 45.2 Å². The van der Waals surface area contributed by atoms with Crippen molar-refractivity contribution in [3.05, 3.63) is 32.7 Å². The molecule has 2 rings (SSSR count). The summed E-state index contributed by atoms with van der Waals surface area (Å²) >= 11 is 3.47. The molecule has 0 radical (unpaired) electrons. The quantitative estimate of drug-likeness (QED) is 0.930. The third kappa shape index (κ3) is 3.19. The van der Waals surface area contributed by atoms with Crippen LogP contribution in [0.25, 0.3) is 0 Å². The van der Waals surface area contributed by atoms with Gasteiger partial charge < -0.3 is 9.88 Å². The molecule has 1 aliphatic heterocycles. The fourth-order valence-corrected chi connectivity index (χ4v) is 2.73. The molecule has 3 nitrogen and oxygen atoms in total. The van der Waals surface area contributed by atoms with Crippen molar-refractivity contribution in [3.63, 3.8) is 0 Å². The molecule has 0 amide bonds. The van der Waals surface area contributed by atoms with E-state index < -0.39 is 0 Å². The fraction of sp³-hybridized carbons (Fsp3) is 0.615. The topological polar surface area (TPSA) is 34.0 Å². The third-order valence-corrected chi connectivity index (χ3v) is 4.34. The van der Waals surface area contributed by atoms with Crippen LogP contribution >= 0.6 is 15.9 Å². The van der Waals surface area contributed by atoms with Crippen molar-refractivity contribution in [1.82, 2.24) is 9.88 Å². The normalized spacial score (nSPS) is 20.5. The molecule has 1 N–H and O–H groups in total. The second-order valence-corrected chi connectivity index (χ2v) is 5.55. The highest BCUT2D eigenvalue weighted by atomic mass is 79.9. The fourth-order valence-electron chi connectivity index (χ4n) is 2.38. The summed E-state index contributed by atoms with van der Waals surface area (Å²) < 4.78 is 2.87. The van der Waals surface area contributed by atoms with E-state index in [1.807, 2.05) is 17.6 Å². The van der Waals surface area contributed by atoms with Gasteiger partial charge in [0.15, 0.2) is 0 Å². The lowest BCUT2D eigenvalue weighted by atomic mass is 10.0. The first-order chi connectivity index (χ1) is 8.18. The Hall–Kier alpha value is -0.610. The number of nitrogens with one attached hydrogen (secondary N) is 1. The molecular weight excluding hydrogens is 280 g/mol. The number of nitrogens with zero attached hydrogens (tertiary/aromatic N) is 1. The van der Waals surface area contributed by atoms with Gasteiger partial charge in [0.2, 0.25) is 0 Å². The smallest absolute Gasteiger partial charge is 0.250 e. The Bertz CT molecular complexity index is 436. The van der Waals surface area contributed by atoms with Crippen LogP contribution in [0.3, 0.4) is 0 Å². The van der Waals surface area contributed by atoms with Gasteiger partial charge in [-0.15, -0.1) is 0 Å². The SMILES string of the molecule is Cc1c(Br)ccc(=O)n1CCC1CCCCN1. The molecular formula is C13H19BrN2O. The average Bonchev–Trinajstić information content (AvgIpc) is 2.35. The first-order valence-electron chi connectivity index (χ1n) is 6.28. The summed E-state index contributed by atoms with van der Waals surface area (Å²) in [6.07, 6.45) is 4.87. The lowest BCUT2D eigenvalue weighted by Crippen LogP contribution is -2.35. The Labute approximate surface area is 110 Å². The average molecular weight is 299 g/mol. The van der Waals surface area contributed by atoms with Crippen molar-refractivity contribution in [1.29, 1.82) is 0 Å². The van der Waals surface area contributed by atoms with Gasteiger partial charge >= 0.3 is 0 Å². The summed E-state index contributed by atoms with van der Waals surface area (Å²) in [4.78, 5) is 11.8. The van der Waals surface area contributed by atoms with Crippen molar-refractivity contribution < 1.29 is 0 Å². The Morgan fingerprint density at radius 2 is 2.29 bits per heavy atom. The maximum atomic E-state index is 11.8. The number of halogens is 1. The van der Waals surface area contributed by atoms with Gasteiger partial charge in [-0.3, -0.25) is 4.79 Å². The van der Waals surface area contributed by atoms with Crippen LogP contribution in [-0.2, 0) is 6.54 Å². The molecule has 1 unspecified atom stereocenters. The second-order valence-electron chi connectivity index (χ2n) is 4.69. The van der Waals surface area contributed by atoms with E-state index in [0.717, 1.165) is 29.7 Å². The van der Waals surface area contributed by atoms with Gasteiger partial charge in [-0.25, -0.2) is 0 Å². The zero-order chi connectivity index (χ0) is 12.3. The molecule has 0 spiro atoms. The van der Waals surface area contributed by atoms with Crippen LogP contribution in [0.5, 0.6) is 0 Å². The van der Waals surface area contributed by atoms with E-state index in [1.165, 1.54) is 19.3 Å². The van der Waals surface area contributed by atoms with Gasteiger partial charge in [-0.2, -0.15) is 0 Å². The van der Waals surface area contributed by atoms with E-state index in [4.69, 9.17) is 0 Å². The summed E-state index contributed by atoms with van der Waals surface area (Å²) in [7, 11) is 0. The Balaban J connectivity index is 2.03. The van der Waals surface area contributed by atoms with Gasteiger partial charge in [0.1, 0.15) is 0 Å². The van der Waals surface area contributed by atoms with Gasteiger partial charge in [0.05, 0.1) is 0 Å². The Morgan fingerprint density at radius 3 is 3.00 bits per heavy atom. The van der Waals surface area contributed by atoms with Crippen LogP contribution in [0.4, 0.5) is 0 Å². The van der Waals surface area contributed by atoms with Crippen molar-refractivity contribution in [2.75, 3.05) is 6.54 Å². The monoisotopic (exact) mass is 298 g/mol. The number of piperidine rings is 1. The van der Waals surface area contributed by atoms with Crippen LogP contribution in [-0.4, -0.2) is 17.2 Å². The molecule has 0 aliphatic carbocycles. The molecule has 17 heavy (non-hydrogen) atoms. The van der Waals surface area contributed by atoms with Crippen molar-refractivity contribution in [3.8, 4) is 0 Å². The van der Waals surface area contributed by atoms with E-state index in [0.29, 0.717) is 6.04 Å². The minimum atomic E-state index is 0.0986. The van der Waals surface area contributed by atoms with Crippen LogP contribution in [0, 0.1) is 6.92 Å². The third-order valence-electron chi connectivity index (χ3n) is 3.50. The zero-order valence-corrected chi connectivity index (χ0v) is 11.8. The molecule has 0 aromatic carbocycles. The largest absolute Gasteiger partial charge is 0.314 e. The number of rotatable bonds is 3.